The van der Waals surface area contributed by atoms with E-state index in [0.29, 0.717) is 36.9 Å². The van der Waals surface area contributed by atoms with Crippen LogP contribution >= 0.6 is 0 Å². The van der Waals surface area contributed by atoms with Crippen LogP contribution < -0.4 is 10.7 Å². The number of aromatic nitrogens is 2. The third kappa shape index (κ3) is 11.7. The summed E-state index contributed by atoms with van der Waals surface area (Å²) in [6, 6.07) is 12.0. The number of esters is 1. The van der Waals surface area contributed by atoms with Crippen LogP contribution in [0.3, 0.4) is 0 Å². The van der Waals surface area contributed by atoms with Gasteiger partial charge in [0.2, 0.25) is 11.8 Å². The molecule has 4 aliphatic heterocycles. The van der Waals surface area contributed by atoms with Gasteiger partial charge < -0.3 is 43.7 Å². The molecule has 0 radical (unpaired) electrons. The molecule has 17 nitrogen and oxygen atoms in total. The zero-order valence-electron chi connectivity index (χ0n) is 43.3. The number of phenols is 1. The number of aromatic hydroxyl groups is 1. The van der Waals surface area contributed by atoms with Crippen LogP contribution in [-0.4, -0.2) is 143 Å². The number of carbonyl (C=O) groups excluding carboxylic acids is 5. The minimum absolute atomic E-state index is 0.00651. The third-order valence-corrected chi connectivity index (χ3v) is 14.4. The molecule has 6 heterocycles. The lowest BCUT2D eigenvalue weighted by molar-refractivity contribution is -0.268. The van der Waals surface area contributed by atoms with Crippen LogP contribution in [0.4, 0.5) is 8.78 Å². The Morgan fingerprint density at radius 2 is 1.84 bits per heavy atom. The van der Waals surface area contributed by atoms with E-state index in [2.05, 4.69) is 45.2 Å². The highest BCUT2D eigenvalue weighted by Gasteiger charge is 2.41. The van der Waals surface area contributed by atoms with Crippen molar-refractivity contribution < 1.29 is 56.8 Å². The van der Waals surface area contributed by atoms with Crippen LogP contribution in [0, 0.1) is 29.1 Å². The second kappa shape index (κ2) is 22.2. The number of hydrazine groups is 1. The van der Waals surface area contributed by atoms with E-state index in [1.165, 1.54) is 21.9 Å². The molecule has 3 N–H and O–H groups in total. The zero-order chi connectivity index (χ0) is 53.2. The summed E-state index contributed by atoms with van der Waals surface area (Å²) in [6.07, 6.45) is -1.75. The first-order valence-corrected chi connectivity index (χ1v) is 25.4. The molecule has 0 aliphatic carbocycles. The van der Waals surface area contributed by atoms with Crippen molar-refractivity contribution in [3.63, 3.8) is 0 Å². The summed E-state index contributed by atoms with van der Waals surface area (Å²) < 4.78 is 52.1. The van der Waals surface area contributed by atoms with Gasteiger partial charge in [-0.15, -0.1) is 0 Å². The van der Waals surface area contributed by atoms with Crippen molar-refractivity contribution in [1.29, 1.82) is 0 Å². The fourth-order valence-electron chi connectivity index (χ4n) is 10.5. The topological polar surface area (TPSA) is 194 Å². The number of rotatable bonds is 11. The van der Waals surface area contributed by atoms with Crippen molar-refractivity contribution in [3.05, 3.63) is 71.5 Å². The summed E-state index contributed by atoms with van der Waals surface area (Å²) in [4.78, 5) is 77.8. The lowest BCUT2D eigenvalue weighted by Gasteiger charge is -2.37. The number of carbonyl (C=O) groups is 5. The molecule has 396 valence electrons. The number of hydrogen-bond acceptors (Lipinski definition) is 12. The van der Waals surface area contributed by atoms with Gasteiger partial charge >= 0.3 is 12.1 Å². The van der Waals surface area contributed by atoms with Gasteiger partial charge in [-0.25, -0.2) is 5.43 Å². The van der Waals surface area contributed by atoms with E-state index >= 15 is 0 Å². The number of alkyl halides is 2. The number of aryl methyl sites for hydroxylation is 1. The van der Waals surface area contributed by atoms with Crippen molar-refractivity contribution in [2.45, 2.75) is 117 Å². The van der Waals surface area contributed by atoms with Crippen LogP contribution in [0.15, 0.2) is 54.7 Å². The van der Waals surface area contributed by atoms with Gasteiger partial charge in [-0.3, -0.25) is 34.0 Å². The van der Waals surface area contributed by atoms with E-state index in [-0.39, 0.29) is 64.2 Å². The Morgan fingerprint density at radius 1 is 1.07 bits per heavy atom. The third-order valence-electron chi connectivity index (χ3n) is 14.4. The SMILES string of the molecule is CCn1c(-c2cccnc2[C@H](C)OC)c2c3cc(ccc31)-c1cc(O)cc(c1)C[C@H](NC(=O)[C@H](C(C)C)N(C)C(=O)[C@H]1CCN(C(=O)C#CC(F)(F)OC3COC3)C1)C(=O)N1CCC[C@H](N1)C(=O)OCC(C)(C)C2. The molecular weight excluding hydrogens is 957 g/mol. The molecule has 2 aromatic carbocycles. The predicted molar refractivity (Wildman–Crippen MR) is 270 cm³/mol. The summed E-state index contributed by atoms with van der Waals surface area (Å²) in [5.74, 6) is -0.780. The average Bonchev–Trinajstić information content (AvgIpc) is 3.97. The number of phenolic OH excluding ortho intramolecular Hbond substituents is 1. The highest BCUT2D eigenvalue weighted by molar-refractivity contribution is 5.97. The summed E-state index contributed by atoms with van der Waals surface area (Å²) in [7, 11) is 3.13. The fourth-order valence-corrected chi connectivity index (χ4v) is 10.5. The quantitative estimate of drug-likeness (QED) is 0.121. The van der Waals surface area contributed by atoms with Crippen molar-refractivity contribution >= 4 is 40.5 Å². The van der Waals surface area contributed by atoms with E-state index in [1.807, 2.05) is 44.9 Å². The molecule has 4 amide bonds. The van der Waals surface area contributed by atoms with Gasteiger partial charge in [0.05, 0.1) is 43.2 Å². The number of hydrogen-bond donors (Lipinski definition) is 3. The molecule has 0 spiro atoms. The van der Waals surface area contributed by atoms with E-state index in [1.54, 1.807) is 45.2 Å². The number of amides is 4. The molecule has 6 bridgehead atoms. The van der Waals surface area contributed by atoms with Crippen LogP contribution in [0.1, 0.15) is 83.7 Å². The first-order valence-electron chi connectivity index (χ1n) is 25.4. The number of nitrogens with zero attached hydrogens (tertiary/aromatic N) is 5. The molecule has 8 rings (SSSR count). The van der Waals surface area contributed by atoms with E-state index in [9.17, 15) is 37.9 Å². The number of cyclic esters (lactones) is 1. The Labute approximate surface area is 430 Å². The normalized spacial score (nSPS) is 21.3. The van der Waals surface area contributed by atoms with Crippen molar-refractivity contribution in [2.75, 3.05) is 53.6 Å². The summed E-state index contributed by atoms with van der Waals surface area (Å²) in [5, 5.41) is 16.6. The molecule has 19 heteroatoms. The first-order chi connectivity index (χ1) is 35.2. The van der Waals surface area contributed by atoms with E-state index in [4.69, 9.17) is 19.2 Å². The molecule has 0 unspecified atom stereocenters. The molecule has 4 aromatic rings. The Kier molecular flexibility index (Phi) is 16.1. The van der Waals surface area contributed by atoms with Crippen molar-refractivity contribution in [1.82, 2.24) is 35.1 Å². The monoisotopic (exact) mass is 1020 g/mol. The highest BCUT2D eigenvalue weighted by Crippen LogP contribution is 2.42. The molecule has 4 aliphatic rings. The largest absolute Gasteiger partial charge is 0.508 e. The predicted octanol–water partition coefficient (Wildman–Crippen LogP) is 5.79. The van der Waals surface area contributed by atoms with Crippen LogP contribution in [0.5, 0.6) is 5.75 Å². The number of methoxy groups -OCH3 is 1. The molecule has 3 fully saturated rings. The van der Waals surface area contributed by atoms with Gasteiger partial charge in [0.25, 0.3) is 11.8 Å². The van der Waals surface area contributed by atoms with Crippen LogP contribution in [-0.2, 0) is 62.3 Å². The molecule has 2 aromatic heterocycles. The smallest absolute Gasteiger partial charge is 0.424 e. The minimum Gasteiger partial charge on any atom is -0.508 e. The summed E-state index contributed by atoms with van der Waals surface area (Å²) >= 11 is 0. The Morgan fingerprint density at radius 3 is 2.54 bits per heavy atom. The fraction of sp³-hybridized carbons (Fsp3) is 0.527. The highest BCUT2D eigenvalue weighted by atomic mass is 19.3. The van der Waals surface area contributed by atoms with Crippen LogP contribution in [0.25, 0.3) is 33.3 Å². The summed E-state index contributed by atoms with van der Waals surface area (Å²) in [6.45, 7) is 12.6. The second-order valence-electron chi connectivity index (χ2n) is 21.0. The first kappa shape index (κ1) is 53.8. The van der Waals surface area contributed by atoms with Gasteiger partial charge in [-0.2, -0.15) is 8.78 Å². The molecule has 3 saturated heterocycles. The van der Waals surface area contributed by atoms with Crippen molar-refractivity contribution in [2.24, 2.45) is 17.3 Å². The molecule has 0 saturated carbocycles. The van der Waals surface area contributed by atoms with Gasteiger partial charge in [0.15, 0.2) is 0 Å². The van der Waals surface area contributed by atoms with Crippen LogP contribution in [0.2, 0.25) is 0 Å². The molecular formula is C55H67F2N7O10. The Balaban J connectivity index is 1.11. The van der Waals surface area contributed by atoms with E-state index in [0.717, 1.165) is 39.0 Å². The Bertz CT molecular complexity index is 2850. The number of ether oxygens (including phenoxy) is 4. The van der Waals surface area contributed by atoms with Gasteiger partial charge in [-0.05, 0) is 104 Å². The number of halogens is 2. The zero-order valence-corrected chi connectivity index (χ0v) is 43.3. The number of nitrogens with one attached hydrogen (secondary N) is 2. The maximum Gasteiger partial charge on any atom is 0.424 e. The lowest BCUT2D eigenvalue weighted by Crippen LogP contribution is -2.62. The van der Waals surface area contributed by atoms with Crippen molar-refractivity contribution in [3.8, 4) is 40.0 Å². The minimum atomic E-state index is -3.86. The molecule has 5 atom stereocenters. The number of fused-ring (bicyclic) bond motifs is 6. The maximum absolute atomic E-state index is 14.8. The standard InChI is InChI=1S/C55H67F2N7O10/c1-9-63-45-15-14-35-26-41(45)42(49(63)40-12-10-19-58-47(40)33(4)71-8)27-54(5,6)31-73-53(70)43-13-11-20-64(60-43)52(69)44(24-34-22-37(35)25-38(65)23-34)59-50(67)48(32(2)3)61(7)51(68)36-17-21-62(28-36)46(66)16-18-55(56,57)74-39-29-72-30-39/h10,12,14-15,19,22-23,25-26,32-33,36,39,43-44,48,60,65H,9,11,13,17,20-21,24,27-31H2,1-8H3,(H,59,67)/t33-,36-,43-,44-,48-/m0/s1. The maximum atomic E-state index is 14.8. The summed E-state index contributed by atoms with van der Waals surface area (Å²) in [5.41, 5.74) is 9.17. The number of likely N-dealkylation sites (tertiary alicyclic amines) is 1. The van der Waals surface area contributed by atoms with Gasteiger partial charge in [0, 0.05) is 86.7 Å². The average molecular weight is 1020 g/mol. The number of benzene rings is 2. The Hall–Kier alpha value is -6.46. The van der Waals surface area contributed by atoms with E-state index < -0.39 is 77.2 Å². The van der Waals surface area contributed by atoms with Gasteiger partial charge in [0.1, 0.15) is 30.0 Å². The number of likely N-dealkylation sites (N-methyl/N-ethyl adjacent to an activating group) is 1. The van der Waals surface area contributed by atoms with Gasteiger partial charge in [-0.1, -0.05) is 39.8 Å². The number of pyridine rings is 1. The molecule has 74 heavy (non-hydrogen) atoms. The lowest BCUT2D eigenvalue weighted by atomic mass is 9.84. The second-order valence-corrected chi connectivity index (χ2v) is 21.0.